The van der Waals surface area contributed by atoms with Crippen molar-refractivity contribution in [1.82, 2.24) is 4.90 Å². The number of rotatable bonds is 5. The van der Waals surface area contributed by atoms with Gasteiger partial charge < -0.3 is 14.7 Å². The molecule has 0 bridgehead atoms. The number of carboxylic acid groups (broad SMARTS) is 1. The Hall–Kier alpha value is -2.04. The maximum Gasteiger partial charge on any atom is 0.308 e. The molecule has 1 aromatic carbocycles. The summed E-state index contributed by atoms with van der Waals surface area (Å²) in [6.45, 7) is 2.34. The first kappa shape index (κ1) is 15.4. The molecule has 0 spiro atoms. The summed E-state index contributed by atoms with van der Waals surface area (Å²) in [4.78, 5) is 25.1. The molecule has 21 heavy (non-hydrogen) atoms. The smallest absolute Gasteiger partial charge is 0.308 e. The summed E-state index contributed by atoms with van der Waals surface area (Å²) in [5.41, 5.74) is 0.995. The fraction of sp³-hybridized carbons (Fsp3) is 0.500. The molecule has 0 aliphatic carbocycles. The Labute approximate surface area is 124 Å². The summed E-state index contributed by atoms with van der Waals surface area (Å²) >= 11 is 0. The molecule has 1 amide bonds. The van der Waals surface area contributed by atoms with Gasteiger partial charge >= 0.3 is 5.97 Å². The number of nitrogens with zero attached hydrogens (tertiary/aromatic N) is 1. The maximum atomic E-state index is 12.3. The highest BCUT2D eigenvalue weighted by molar-refractivity contribution is 5.79. The molecule has 1 N–H and O–H groups in total. The number of aryl methyl sites for hydroxylation is 1. The number of ether oxygens (including phenoxy) is 1. The average molecular weight is 291 g/mol. The van der Waals surface area contributed by atoms with Crippen molar-refractivity contribution < 1.29 is 19.4 Å². The van der Waals surface area contributed by atoms with Gasteiger partial charge in [0, 0.05) is 19.0 Å². The zero-order valence-corrected chi connectivity index (χ0v) is 12.4. The second-order valence-electron chi connectivity index (χ2n) is 5.37. The van der Waals surface area contributed by atoms with E-state index < -0.39 is 11.9 Å². The van der Waals surface area contributed by atoms with Crippen LogP contribution in [0.25, 0.3) is 0 Å². The number of hydrogen-bond donors (Lipinski definition) is 1. The topological polar surface area (TPSA) is 66.8 Å². The molecule has 2 rings (SSSR count). The zero-order chi connectivity index (χ0) is 15.4. The molecule has 2 atom stereocenters. The normalized spacial score (nSPS) is 21.3. The SMILES string of the molecule is COc1ccccc1CCC(=O)N1CCC(C(=O)O)C1C. The van der Waals surface area contributed by atoms with Crippen molar-refractivity contribution in [1.29, 1.82) is 0 Å². The van der Waals surface area contributed by atoms with Gasteiger partial charge in [0.25, 0.3) is 0 Å². The number of likely N-dealkylation sites (tertiary alicyclic amines) is 1. The predicted octanol–water partition coefficient (Wildman–Crippen LogP) is 1.95. The number of amides is 1. The lowest BCUT2D eigenvalue weighted by Gasteiger charge is -2.23. The molecule has 114 valence electrons. The number of hydrogen-bond acceptors (Lipinski definition) is 3. The summed E-state index contributed by atoms with van der Waals surface area (Å²) < 4.78 is 5.27. The minimum Gasteiger partial charge on any atom is -0.496 e. The van der Waals surface area contributed by atoms with Crippen LogP contribution in [0.2, 0.25) is 0 Å². The van der Waals surface area contributed by atoms with Crippen LogP contribution in [0.3, 0.4) is 0 Å². The Bertz CT molecular complexity index is 529. The van der Waals surface area contributed by atoms with Gasteiger partial charge in [-0.25, -0.2) is 0 Å². The van der Waals surface area contributed by atoms with Crippen LogP contribution < -0.4 is 4.74 Å². The van der Waals surface area contributed by atoms with Crippen molar-refractivity contribution in [3.63, 3.8) is 0 Å². The Kier molecular flexibility index (Phi) is 4.83. The third-order valence-electron chi connectivity index (χ3n) is 4.19. The molecule has 1 aromatic rings. The van der Waals surface area contributed by atoms with E-state index in [-0.39, 0.29) is 11.9 Å². The molecule has 0 radical (unpaired) electrons. The summed E-state index contributed by atoms with van der Waals surface area (Å²) in [7, 11) is 1.61. The van der Waals surface area contributed by atoms with E-state index in [1.54, 1.807) is 12.0 Å². The standard InChI is InChI=1S/C16H21NO4/c1-11-13(16(19)20)9-10-17(11)15(18)8-7-12-5-3-4-6-14(12)21-2/h3-6,11,13H,7-10H2,1-2H3,(H,19,20). The molecule has 2 unspecified atom stereocenters. The van der Waals surface area contributed by atoms with Crippen molar-refractivity contribution in [2.45, 2.75) is 32.2 Å². The highest BCUT2D eigenvalue weighted by Crippen LogP contribution is 2.26. The fourth-order valence-corrected chi connectivity index (χ4v) is 2.92. The lowest BCUT2D eigenvalue weighted by atomic mass is 10.0. The van der Waals surface area contributed by atoms with Crippen molar-refractivity contribution in [3.05, 3.63) is 29.8 Å². The summed E-state index contributed by atoms with van der Waals surface area (Å²) in [5, 5.41) is 9.10. The van der Waals surface area contributed by atoms with E-state index in [2.05, 4.69) is 0 Å². The van der Waals surface area contributed by atoms with Gasteiger partial charge in [-0.05, 0) is 31.4 Å². The number of para-hydroxylation sites is 1. The van der Waals surface area contributed by atoms with E-state index in [0.717, 1.165) is 11.3 Å². The van der Waals surface area contributed by atoms with Crippen LogP contribution in [0.1, 0.15) is 25.3 Å². The molecule has 1 aliphatic rings. The van der Waals surface area contributed by atoms with Gasteiger partial charge in [-0.1, -0.05) is 18.2 Å². The van der Waals surface area contributed by atoms with Crippen LogP contribution in [-0.2, 0) is 16.0 Å². The van der Waals surface area contributed by atoms with Gasteiger partial charge in [0.05, 0.1) is 13.0 Å². The molecule has 0 aromatic heterocycles. The van der Waals surface area contributed by atoms with Crippen LogP contribution in [0.4, 0.5) is 0 Å². The number of benzene rings is 1. The number of aliphatic carboxylic acids is 1. The van der Waals surface area contributed by atoms with E-state index in [1.165, 1.54) is 0 Å². The zero-order valence-electron chi connectivity index (χ0n) is 12.4. The van der Waals surface area contributed by atoms with Crippen LogP contribution in [-0.4, -0.2) is 41.6 Å². The van der Waals surface area contributed by atoms with Crippen LogP contribution >= 0.6 is 0 Å². The number of carboxylic acids is 1. The number of methoxy groups -OCH3 is 1. The van der Waals surface area contributed by atoms with Gasteiger partial charge in [-0.15, -0.1) is 0 Å². The third-order valence-corrected chi connectivity index (χ3v) is 4.19. The molecule has 5 heteroatoms. The molecule has 5 nitrogen and oxygen atoms in total. The monoisotopic (exact) mass is 291 g/mol. The quantitative estimate of drug-likeness (QED) is 0.900. The molecular weight excluding hydrogens is 270 g/mol. The molecule has 1 saturated heterocycles. The minimum atomic E-state index is -0.817. The van der Waals surface area contributed by atoms with E-state index in [0.29, 0.717) is 25.8 Å². The summed E-state index contributed by atoms with van der Waals surface area (Å²) in [6, 6.07) is 7.40. The van der Waals surface area contributed by atoms with Gasteiger partial charge in [-0.2, -0.15) is 0 Å². The molecule has 1 heterocycles. The van der Waals surface area contributed by atoms with E-state index in [9.17, 15) is 9.59 Å². The average Bonchev–Trinajstić information content (AvgIpc) is 2.87. The van der Waals surface area contributed by atoms with Crippen molar-refractivity contribution in [2.24, 2.45) is 5.92 Å². The first-order chi connectivity index (χ1) is 10.0. The Morgan fingerprint density at radius 2 is 2.10 bits per heavy atom. The van der Waals surface area contributed by atoms with Gasteiger partial charge in [-0.3, -0.25) is 9.59 Å². The molecular formula is C16H21NO4. The van der Waals surface area contributed by atoms with Crippen LogP contribution in [0.5, 0.6) is 5.75 Å². The number of carbonyl (C=O) groups excluding carboxylic acids is 1. The molecule has 1 aliphatic heterocycles. The Morgan fingerprint density at radius 3 is 2.71 bits per heavy atom. The van der Waals surface area contributed by atoms with Gasteiger partial charge in [0.2, 0.25) is 5.91 Å². The second-order valence-corrected chi connectivity index (χ2v) is 5.37. The summed E-state index contributed by atoms with van der Waals surface area (Å²) in [5.74, 6) is -0.469. The molecule has 0 saturated carbocycles. The predicted molar refractivity (Wildman–Crippen MR) is 78.2 cm³/mol. The third kappa shape index (κ3) is 3.35. The molecule has 1 fully saturated rings. The van der Waals surface area contributed by atoms with Crippen molar-refractivity contribution in [2.75, 3.05) is 13.7 Å². The minimum absolute atomic E-state index is 0.0113. The van der Waals surface area contributed by atoms with Crippen LogP contribution in [0, 0.1) is 5.92 Å². The second kappa shape index (κ2) is 6.61. The Morgan fingerprint density at radius 1 is 1.38 bits per heavy atom. The Balaban J connectivity index is 1.95. The largest absolute Gasteiger partial charge is 0.496 e. The lowest BCUT2D eigenvalue weighted by Crippen LogP contribution is -2.37. The van der Waals surface area contributed by atoms with Gasteiger partial charge in [0.15, 0.2) is 0 Å². The maximum absolute atomic E-state index is 12.3. The van der Waals surface area contributed by atoms with E-state index in [1.807, 2.05) is 31.2 Å². The van der Waals surface area contributed by atoms with Crippen molar-refractivity contribution in [3.8, 4) is 5.75 Å². The van der Waals surface area contributed by atoms with Gasteiger partial charge in [0.1, 0.15) is 5.75 Å². The highest BCUT2D eigenvalue weighted by Gasteiger charge is 2.37. The highest BCUT2D eigenvalue weighted by atomic mass is 16.5. The van der Waals surface area contributed by atoms with E-state index in [4.69, 9.17) is 9.84 Å². The first-order valence-corrected chi connectivity index (χ1v) is 7.18. The van der Waals surface area contributed by atoms with Crippen molar-refractivity contribution >= 4 is 11.9 Å². The van der Waals surface area contributed by atoms with Crippen LogP contribution in [0.15, 0.2) is 24.3 Å². The summed E-state index contributed by atoms with van der Waals surface area (Å²) in [6.07, 6.45) is 1.51. The lowest BCUT2D eigenvalue weighted by molar-refractivity contribution is -0.143. The van der Waals surface area contributed by atoms with E-state index >= 15 is 0 Å². The first-order valence-electron chi connectivity index (χ1n) is 7.18. The fourth-order valence-electron chi connectivity index (χ4n) is 2.92. The number of carbonyl (C=O) groups is 2.